The van der Waals surface area contributed by atoms with Crippen molar-refractivity contribution in [2.24, 2.45) is 0 Å². The number of benzene rings is 1. The van der Waals surface area contributed by atoms with E-state index in [2.05, 4.69) is 10.1 Å². The molecule has 0 amide bonds. The van der Waals surface area contributed by atoms with Crippen LogP contribution in [-0.4, -0.2) is 23.5 Å². The monoisotopic (exact) mass is 316 g/mol. The van der Waals surface area contributed by atoms with E-state index in [1.165, 1.54) is 0 Å². The van der Waals surface area contributed by atoms with Gasteiger partial charge in [0.05, 0.1) is 12.2 Å². The van der Waals surface area contributed by atoms with E-state index < -0.39 is 7.14 Å². The number of aromatic nitrogens is 2. The molecule has 2 aromatic heterocycles. The number of nitrogens with zero attached hydrogens (tertiary/aromatic N) is 2. The summed E-state index contributed by atoms with van der Waals surface area (Å²) < 4.78 is 22.7. The lowest BCUT2D eigenvalue weighted by Gasteiger charge is -2.06. The Morgan fingerprint density at radius 3 is 2.45 bits per heavy atom. The molecule has 1 unspecified atom stereocenters. The summed E-state index contributed by atoms with van der Waals surface area (Å²) >= 11 is 0. The molecule has 0 N–H and O–H groups in total. The lowest BCUT2D eigenvalue weighted by atomic mass is 10.1. The van der Waals surface area contributed by atoms with Crippen molar-refractivity contribution in [2.45, 2.75) is 12.8 Å². The quantitative estimate of drug-likeness (QED) is 0.686. The van der Waals surface area contributed by atoms with Crippen LogP contribution in [0.3, 0.4) is 0 Å². The van der Waals surface area contributed by atoms with Crippen molar-refractivity contribution in [3.8, 4) is 11.5 Å². The van der Waals surface area contributed by atoms with Crippen molar-refractivity contribution in [1.82, 2.24) is 10.1 Å². The average Bonchev–Trinajstić information content (AvgIpc) is 3.17. The Bertz CT molecular complexity index is 800. The van der Waals surface area contributed by atoms with Crippen molar-refractivity contribution < 1.29 is 13.5 Å². The van der Waals surface area contributed by atoms with Crippen LogP contribution in [0.1, 0.15) is 24.4 Å². The molecule has 3 aromatic rings. The van der Waals surface area contributed by atoms with Crippen molar-refractivity contribution in [1.29, 1.82) is 0 Å². The van der Waals surface area contributed by atoms with Gasteiger partial charge in [-0.15, -0.1) is 0 Å². The maximum Gasteiger partial charge on any atom is 0.257 e. The van der Waals surface area contributed by atoms with Crippen LogP contribution >= 0.6 is 7.14 Å². The Hall–Kier alpha value is -2.13. The molecule has 0 bridgehead atoms. The van der Waals surface area contributed by atoms with Gasteiger partial charge in [-0.1, -0.05) is 17.3 Å². The summed E-state index contributed by atoms with van der Waals surface area (Å²) in [6.45, 7) is 5.46. The fraction of sp³-hybridized carbons (Fsp3) is 0.250. The zero-order valence-electron chi connectivity index (χ0n) is 12.7. The van der Waals surface area contributed by atoms with Gasteiger partial charge in [-0.3, -0.25) is 0 Å². The summed E-state index contributed by atoms with van der Waals surface area (Å²) in [6.07, 6.45) is 1.62. The Morgan fingerprint density at radius 1 is 1.14 bits per heavy atom. The van der Waals surface area contributed by atoms with Crippen LogP contribution in [0.4, 0.5) is 0 Å². The largest absolute Gasteiger partial charge is 0.469 e. The van der Waals surface area contributed by atoms with Crippen LogP contribution in [0.5, 0.6) is 0 Å². The van der Waals surface area contributed by atoms with Crippen molar-refractivity contribution in [3.05, 3.63) is 54.2 Å². The molecule has 3 rings (SSSR count). The van der Waals surface area contributed by atoms with Crippen LogP contribution in [-0.2, 0) is 4.57 Å². The average molecular weight is 316 g/mol. The normalized spacial score (nSPS) is 13.2. The Labute approximate surface area is 128 Å². The second kappa shape index (κ2) is 5.58. The summed E-state index contributed by atoms with van der Waals surface area (Å²) in [6, 6.07) is 11.1. The Balaban J connectivity index is 1.86. The van der Waals surface area contributed by atoms with Gasteiger partial charge in [0.1, 0.15) is 12.9 Å². The molecule has 0 aliphatic carbocycles. The van der Waals surface area contributed by atoms with Crippen LogP contribution in [0.15, 0.2) is 51.6 Å². The standard InChI is InChI=1S/C16H17N2O3P/c1-11(14-5-4-10-20-14)15-17-16(21-18-15)12-6-8-13(9-7-12)22(2,3)19/h4-11H,1-3H3. The highest BCUT2D eigenvalue weighted by Gasteiger charge is 2.19. The lowest BCUT2D eigenvalue weighted by molar-refractivity contribution is 0.413. The molecule has 22 heavy (non-hydrogen) atoms. The second-order valence-corrected chi connectivity index (χ2v) is 8.81. The van der Waals surface area contributed by atoms with Gasteiger partial charge in [-0.25, -0.2) is 0 Å². The smallest absolute Gasteiger partial charge is 0.257 e. The molecule has 5 nitrogen and oxygen atoms in total. The van der Waals surface area contributed by atoms with Gasteiger partial charge in [-0.2, -0.15) is 4.98 Å². The van der Waals surface area contributed by atoms with Crippen molar-refractivity contribution in [3.63, 3.8) is 0 Å². The van der Waals surface area contributed by atoms with E-state index in [-0.39, 0.29) is 5.92 Å². The Kier molecular flexibility index (Phi) is 3.75. The molecule has 0 spiro atoms. The molecule has 0 saturated heterocycles. The predicted molar refractivity (Wildman–Crippen MR) is 85.0 cm³/mol. The summed E-state index contributed by atoms with van der Waals surface area (Å²) in [4.78, 5) is 4.42. The molecule has 1 atom stereocenters. The molecule has 114 valence electrons. The minimum absolute atomic E-state index is 0.0710. The number of hydrogen-bond donors (Lipinski definition) is 0. The summed E-state index contributed by atoms with van der Waals surface area (Å²) in [7, 11) is -2.25. The molecule has 0 saturated carbocycles. The van der Waals surface area contributed by atoms with E-state index in [9.17, 15) is 4.57 Å². The zero-order chi connectivity index (χ0) is 15.7. The molecule has 1 aromatic carbocycles. The van der Waals surface area contributed by atoms with E-state index in [1.54, 1.807) is 19.6 Å². The molecule has 0 fully saturated rings. The highest BCUT2D eigenvalue weighted by atomic mass is 31.2. The summed E-state index contributed by atoms with van der Waals surface area (Å²) in [5.74, 6) is 1.74. The topological polar surface area (TPSA) is 69.1 Å². The fourth-order valence-corrected chi connectivity index (χ4v) is 3.02. The van der Waals surface area contributed by atoms with Gasteiger partial charge in [0.2, 0.25) is 0 Å². The molecule has 2 heterocycles. The number of hydrogen-bond acceptors (Lipinski definition) is 5. The highest BCUT2D eigenvalue weighted by molar-refractivity contribution is 7.70. The molecular formula is C16H17N2O3P. The third-order valence-corrected chi connectivity index (χ3v) is 5.08. The first-order chi connectivity index (χ1) is 10.4. The number of furan rings is 1. The lowest BCUT2D eigenvalue weighted by Crippen LogP contribution is -2.01. The van der Waals surface area contributed by atoms with Crippen molar-refractivity contribution >= 4 is 12.4 Å². The summed E-state index contributed by atoms with van der Waals surface area (Å²) in [5, 5.41) is 4.85. The van der Waals surface area contributed by atoms with E-state index in [0.29, 0.717) is 11.7 Å². The van der Waals surface area contributed by atoms with Gasteiger partial charge in [0.15, 0.2) is 5.82 Å². The molecular weight excluding hydrogens is 299 g/mol. The SMILES string of the molecule is CC(c1noc(-c2ccc(P(C)(C)=O)cc2)n1)c1ccco1. The van der Waals surface area contributed by atoms with E-state index in [1.807, 2.05) is 43.3 Å². The molecule has 6 heteroatoms. The van der Waals surface area contributed by atoms with E-state index in [0.717, 1.165) is 16.6 Å². The van der Waals surface area contributed by atoms with Gasteiger partial charge >= 0.3 is 0 Å². The number of rotatable bonds is 4. The van der Waals surface area contributed by atoms with E-state index in [4.69, 9.17) is 8.94 Å². The van der Waals surface area contributed by atoms with Gasteiger partial charge < -0.3 is 13.5 Å². The minimum atomic E-state index is -2.25. The first kappa shape index (κ1) is 14.8. The Morgan fingerprint density at radius 2 is 1.86 bits per heavy atom. The van der Waals surface area contributed by atoms with Crippen LogP contribution in [0.25, 0.3) is 11.5 Å². The second-order valence-electron chi connectivity index (χ2n) is 5.59. The first-order valence-electron chi connectivity index (χ1n) is 6.98. The summed E-state index contributed by atoms with van der Waals surface area (Å²) in [5.41, 5.74) is 0.808. The molecule has 0 aliphatic heterocycles. The maximum absolute atomic E-state index is 12.0. The van der Waals surface area contributed by atoms with Gasteiger partial charge in [-0.05, 0) is 44.5 Å². The first-order valence-corrected chi connectivity index (χ1v) is 9.58. The third kappa shape index (κ3) is 2.90. The third-order valence-electron chi connectivity index (χ3n) is 3.54. The molecule has 0 radical (unpaired) electrons. The van der Waals surface area contributed by atoms with Gasteiger partial charge in [0, 0.05) is 10.9 Å². The molecule has 0 aliphatic rings. The zero-order valence-corrected chi connectivity index (χ0v) is 13.6. The van der Waals surface area contributed by atoms with Crippen LogP contribution < -0.4 is 5.30 Å². The predicted octanol–water partition coefficient (Wildman–Crippen LogP) is 3.73. The van der Waals surface area contributed by atoms with Crippen molar-refractivity contribution in [2.75, 3.05) is 13.3 Å². The fourth-order valence-electron chi connectivity index (χ4n) is 2.16. The van der Waals surface area contributed by atoms with Crippen LogP contribution in [0.2, 0.25) is 0 Å². The van der Waals surface area contributed by atoms with Gasteiger partial charge in [0.25, 0.3) is 5.89 Å². The highest BCUT2D eigenvalue weighted by Crippen LogP contribution is 2.35. The maximum atomic E-state index is 12.0. The minimum Gasteiger partial charge on any atom is -0.469 e. The van der Waals surface area contributed by atoms with Crippen LogP contribution in [0, 0.1) is 0 Å². The van der Waals surface area contributed by atoms with E-state index >= 15 is 0 Å².